The Balaban J connectivity index is 2.35. The number of aliphatic hydroxyl groups excluding tert-OH is 1. The molecule has 19 heavy (non-hydrogen) atoms. The van der Waals surface area contributed by atoms with E-state index >= 15 is 0 Å². The van der Waals surface area contributed by atoms with Crippen LogP contribution < -0.4 is 10.6 Å². The zero-order valence-corrected chi connectivity index (χ0v) is 11.8. The molecule has 1 fully saturated rings. The molecule has 0 amide bonds. The van der Waals surface area contributed by atoms with E-state index in [0.717, 1.165) is 5.82 Å². The average Bonchev–Trinajstić information content (AvgIpc) is 2.37. The zero-order chi connectivity index (χ0) is 14.0. The van der Waals surface area contributed by atoms with Gasteiger partial charge in [0.15, 0.2) is 0 Å². The summed E-state index contributed by atoms with van der Waals surface area (Å²) < 4.78 is 5.38. The van der Waals surface area contributed by atoms with Gasteiger partial charge in [-0.05, 0) is 0 Å². The minimum atomic E-state index is -0.162. The van der Waals surface area contributed by atoms with Crippen molar-refractivity contribution in [3.8, 4) is 0 Å². The largest absolute Gasteiger partial charge is 0.394 e. The number of anilines is 2. The molecule has 0 aromatic carbocycles. The lowest BCUT2D eigenvalue weighted by molar-refractivity contribution is 0.0722. The van der Waals surface area contributed by atoms with Crippen molar-refractivity contribution in [2.75, 3.05) is 37.0 Å². The van der Waals surface area contributed by atoms with Crippen molar-refractivity contribution in [3.05, 3.63) is 11.9 Å². The first-order chi connectivity index (χ1) is 8.91. The van der Waals surface area contributed by atoms with Gasteiger partial charge < -0.3 is 20.5 Å². The van der Waals surface area contributed by atoms with Gasteiger partial charge in [-0.1, -0.05) is 20.8 Å². The highest BCUT2D eigenvalue weighted by molar-refractivity contribution is 5.48. The van der Waals surface area contributed by atoms with Crippen LogP contribution in [-0.4, -0.2) is 47.5 Å². The minimum Gasteiger partial charge on any atom is -0.394 e. The topological polar surface area (TPSA) is 84.5 Å². The van der Waals surface area contributed by atoms with E-state index in [1.165, 1.54) is 0 Å². The molecule has 2 rings (SSSR count). The molecule has 3 N–H and O–H groups in total. The monoisotopic (exact) mass is 266 g/mol. The fourth-order valence-corrected chi connectivity index (χ4v) is 2.04. The molecule has 0 radical (unpaired) electrons. The quantitative estimate of drug-likeness (QED) is 0.813. The molecule has 0 aliphatic carbocycles. The summed E-state index contributed by atoms with van der Waals surface area (Å²) in [6, 6.07) is 1.68. The summed E-state index contributed by atoms with van der Waals surface area (Å²) in [5.74, 6) is 1.93. The van der Waals surface area contributed by atoms with Crippen LogP contribution in [0, 0.1) is 0 Å². The molecule has 0 bridgehead atoms. The lowest BCUT2D eigenvalue weighted by atomic mass is 9.96. The Kier molecular flexibility index (Phi) is 3.91. The van der Waals surface area contributed by atoms with Crippen LogP contribution >= 0.6 is 0 Å². The highest BCUT2D eigenvalue weighted by Crippen LogP contribution is 2.24. The number of aliphatic hydroxyl groups is 1. The molecular formula is C13H22N4O2. The SMILES string of the molecule is CC(C)(C)c1nc(N)cc(N2CCOCC2CO)n1. The summed E-state index contributed by atoms with van der Waals surface area (Å²) in [5.41, 5.74) is 5.72. The highest BCUT2D eigenvalue weighted by atomic mass is 16.5. The number of nitrogens with two attached hydrogens (primary N) is 1. The van der Waals surface area contributed by atoms with Crippen LogP contribution in [0.25, 0.3) is 0 Å². The van der Waals surface area contributed by atoms with Crippen LogP contribution in [-0.2, 0) is 10.2 Å². The van der Waals surface area contributed by atoms with Crippen LogP contribution in [0.1, 0.15) is 26.6 Å². The second-order valence-electron chi connectivity index (χ2n) is 5.83. The fourth-order valence-electron chi connectivity index (χ4n) is 2.04. The summed E-state index contributed by atoms with van der Waals surface area (Å²) in [5, 5.41) is 9.42. The number of aromatic nitrogens is 2. The van der Waals surface area contributed by atoms with Crippen LogP contribution in [0.3, 0.4) is 0 Å². The van der Waals surface area contributed by atoms with Gasteiger partial charge in [0.2, 0.25) is 0 Å². The van der Waals surface area contributed by atoms with Crippen LogP contribution in [0.15, 0.2) is 6.07 Å². The van der Waals surface area contributed by atoms with E-state index in [2.05, 4.69) is 9.97 Å². The maximum absolute atomic E-state index is 9.42. The van der Waals surface area contributed by atoms with Crippen LogP contribution in [0.2, 0.25) is 0 Å². The average molecular weight is 266 g/mol. The molecule has 2 heterocycles. The molecular weight excluding hydrogens is 244 g/mol. The van der Waals surface area contributed by atoms with E-state index in [4.69, 9.17) is 10.5 Å². The van der Waals surface area contributed by atoms with Crippen molar-refractivity contribution in [1.29, 1.82) is 0 Å². The number of morpholine rings is 1. The van der Waals surface area contributed by atoms with E-state index in [1.807, 2.05) is 25.7 Å². The molecule has 1 atom stereocenters. The molecule has 106 valence electrons. The number of ether oxygens (including phenoxy) is 1. The number of nitrogens with zero attached hydrogens (tertiary/aromatic N) is 3. The molecule has 1 aromatic heterocycles. The number of rotatable bonds is 2. The molecule has 1 aromatic rings. The van der Waals surface area contributed by atoms with Gasteiger partial charge in [-0.2, -0.15) is 0 Å². The van der Waals surface area contributed by atoms with E-state index in [1.54, 1.807) is 6.07 Å². The van der Waals surface area contributed by atoms with E-state index in [-0.39, 0.29) is 18.1 Å². The summed E-state index contributed by atoms with van der Waals surface area (Å²) >= 11 is 0. The molecule has 1 saturated heterocycles. The minimum absolute atomic E-state index is 0.0365. The third-order valence-corrected chi connectivity index (χ3v) is 3.14. The Labute approximate surface area is 113 Å². The summed E-state index contributed by atoms with van der Waals surface area (Å²) in [7, 11) is 0. The maximum Gasteiger partial charge on any atom is 0.138 e. The lowest BCUT2D eigenvalue weighted by Gasteiger charge is -2.36. The Bertz CT molecular complexity index is 445. The van der Waals surface area contributed by atoms with Crippen LogP contribution in [0.4, 0.5) is 11.6 Å². The second-order valence-corrected chi connectivity index (χ2v) is 5.83. The number of hydrogen-bond acceptors (Lipinski definition) is 6. The predicted octanol–water partition coefficient (Wildman–Crippen LogP) is 0.554. The van der Waals surface area contributed by atoms with Crippen molar-refractivity contribution in [2.24, 2.45) is 0 Å². The van der Waals surface area contributed by atoms with Crippen molar-refractivity contribution in [2.45, 2.75) is 32.2 Å². The Morgan fingerprint density at radius 1 is 1.47 bits per heavy atom. The van der Waals surface area contributed by atoms with E-state index < -0.39 is 0 Å². The Morgan fingerprint density at radius 2 is 2.21 bits per heavy atom. The Morgan fingerprint density at radius 3 is 2.84 bits per heavy atom. The first-order valence-corrected chi connectivity index (χ1v) is 6.52. The summed E-state index contributed by atoms with van der Waals surface area (Å²) in [6.07, 6.45) is 0. The highest BCUT2D eigenvalue weighted by Gasteiger charge is 2.26. The number of hydrogen-bond donors (Lipinski definition) is 2. The van der Waals surface area contributed by atoms with E-state index in [9.17, 15) is 5.11 Å². The summed E-state index contributed by atoms with van der Waals surface area (Å²) in [4.78, 5) is 10.9. The van der Waals surface area contributed by atoms with Crippen molar-refractivity contribution < 1.29 is 9.84 Å². The smallest absolute Gasteiger partial charge is 0.138 e. The third-order valence-electron chi connectivity index (χ3n) is 3.14. The normalized spacial score (nSPS) is 20.6. The van der Waals surface area contributed by atoms with Gasteiger partial charge in [0, 0.05) is 18.0 Å². The van der Waals surface area contributed by atoms with Gasteiger partial charge in [-0.15, -0.1) is 0 Å². The van der Waals surface area contributed by atoms with E-state index in [0.29, 0.717) is 31.4 Å². The van der Waals surface area contributed by atoms with Gasteiger partial charge in [0.05, 0.1) is 25.9 Å². The fraction of sp³-hybridized carbons (Fsp3) is 0.692. The van der Waals surface area contributed by atoms with Crippen LogP contribution in [0.5, 0.6) is 0 Å². The zero-order valence-electron chi connectivity index (χ0n) is 11.8. The third kappa shape index (κ3) is 3.13. The second kappa shape index (κ2) is 5.30. The van der Waals surface area contributed by atoms with Gasteiger partial charge in [0.1, 0.15) is 17.5 Å². The van der Waals surface area contributed by atoms with Gasteiger partial charge in [-0.25, -0.2) is 9.97 Å². The van der Waals surface area contributed by atoms with Crippen molar-refractivity contribution >= 4 is 11.6 Å². The van der Waals surface area contributed by atoms with Crippen molar-refractivity contribution in [3.63, 3.8) is 0 Å². The Hall–Kier alpha value is -1.40. The number of nitrogen functional groups attached to an aromatic ring is 1. The summed E-state index contributed by atoms with van der Waals surface area (Å²) in [6.45, 7) is 8.02. The molecule has 6 nitrogen and oxygen atoms in total. The predicted molar refractivity (Wildman–Crippen MR) is 74.2 cm³/mol. The molecule has 6 heteroatoms. The standard InChI is InChI=1S/C13H22N4O2/c1-13(2,3)12-15-10(14)6-11(16-12)17-4-5-19-8-9(17)7-18/h6,9,18H,4-5,7-8H2,1-3H3,(H2,14,15,16). The lowest BCUT2D eigenvalue weighted by Crippen LogP contribution is -2.48. The van der Waals surface area contributed by atoms with Gasteiger partial charge >= 0.3 is 0 Å². The first kappa shape index (κ1) is 14.0. The van der Waals surface area contributed by atoms with Gasteiger partial charge in [-0.3, -0.25) is 0 Å². The molecule has 1 unspecified atom stereocenters. The molecule has 1 aliphatic rings. The van der Waals surface area contributed by atoms with Crippen molar-refractivity contribution in [1.82, 2.24) is 9.97 Å². The first-order valence-electron chi connectivity index (χ1n) is 6.52. The molecule has 0 saturated carbocycles. The molecule has 0 spiro atoms. The maximum atomic E-state index is 9.42. The van der Waals surface area contributed by atoms with Gasteiger partial charge in [0.25, 0.3) is 0 Å². The molecule has 1 aliphatic heterocycles.